The van der Waals surface area contributed by atoms with Crippen molar-refractivity contribution >= 4 is 17.3 Å². The van der Waals surface area contributed by atoms with Gasteiger partial charge in [0, 0.05) is 17.8 Å². The van der Waals surface area contributed by atoms with Crippen molar-refractivity contribution in [1.82, 2.24) is 25.1 Å². The molecule has 0 saturated carbocycles. The van der Waals surface area contributed by atoms with Gasteiger partial charge in [-0.2, -0.15) is 5.10 Å². The number of nitrogens with one attached hydrogen (secondary N) is 2. The summed E-state index contributed by atoms with van der Waals surface area (Å²) >= 11 is 0. The summed E-state index contributed by atoms with van der Waals surface area (Å²) in [7, 11) is 0. The molecule has 0 bridgehead atoms. The molecule has 5 rings (SSSR count). The Balaban J connectivity index is 1.43. The van der Waals surface area contributed by atoms with Crippen LogP contribution < -0.4 is 20.3 Å². The average Bonchev–Trinajstić information content (AvgIpc) is 3.29. The number of benzene rings is 1. The van der Waals surface area contributed by atoms with Crippen LogP contribution in [-0.2, 0) is 0 Å². The van der Waals surface area contributed by atoms with Crippen LogP contribution in [0.2, 0.25) is 0 Å². The summed E-state index contributed by atoms with van der Waals surface area (Å²) in [6, 6.07) is 3.47. The molecule has 33 heavy (non-hydrogen) atoms. The van der Waals surface area contributed by atoms with Gasteiger partial charge in [-0.1, -0.05) is 0 Å². The molecule has 1 saturated heterocycles. The second kappa shape index (κ2) is 8.93. The number of nitrogens with zero attached hydrogens (tertiary/aromatic N) is 5. The maximum absolute atomic E-state index is 14.9. The standard InChI is InChI=1S/C23H27F2N7O/c1-14(2)31-7-8-33-22-18(24)9-15(10-20(22)31)21-19(25)12-27-23(30-21)29-16-11-28-32(13-16)17-3-5-26-6-4-17/h9-14,17,26H,3-8H2,1-2H3,(H,27,29,30). The van der Waals surface area contributed by atoms with E-state index in [9.17, 15) is 8.78 Å². The number of anilines is 3. The molecule has 2 aliphatic heterocycles. The van der Waals surface area contributed by atoms with Crippen LogP contribution in [0.25, 0.3) is 11.3 Å². The molecule has 2 aromatic heterocycles. The lowest BCUT2D eigenvalue weighted by molar-refractivity contribution is 0.287. The van der Waals surface area contributed by atoms with Crippen molar-refractivity contribution in [2.24, 2.45) is 0 Å². The maximum atomic E-state index is 14.9. The Labute approximate surface area is 191 Å². The summed E-state index contributed by atoms with van der Waals surface area (Å²) in [5.41, 5.74) is 1.66. The molecular weight excluding hydrogens is 428 g/mol. The van der Waals surface area contributed by atoms with Crippen LogP contribution in [0.4, 0.5) is 26.1 Å². The molecule has 1 fully saturated rings. The zero-order chi connectivity index (χ0) is 22.9. The monoisotopic (exact) mass is 455 g/mol. The van der Waals surface area contributed by atoms with E-state index in [1.54, 1.807) is 12.3 Å². The van der Waals surface area contributed by atoms with Gasteiger partial charge in [0.15, 0.2) is 17.4 Å². The number of hydrogen-bond acceptors (Lipinski definition) is 7. The van der Waals surface area contributed by atoms with E-state index >= 15 is 0 Å². The number of hydrogen-bond donors (Lipinski definition) is 2. The van der Waals surface area contributed by atoms with Crippen molar-refractivity contribution < 1.29 is 13.5 Å². The quantitative estimate of drug-likeness (QED) is 0.604. The van der Waals surface area contributed by atoms with Crippen LogP contribution >= 0.6 is 0 Å². The third-order valence-corrected chi connectivity index (χ3v) is 6.09. The lowest BCUT2D eigenvalue weighted by Gasteiger charge is -2.34. The topological polar surface area (TPSA) is 80.1 Å². The fourth-order valence-corrected chi connectivity index (χ4v) is 4.41. The minimum atomic E-state index is -0.627. The van der Waals surface area contributed by atoms with Crippen molar-refractivity contribution in [3.05, 3.63) is 42.4 Å². The Morgan fingerprint density at radius 3 is 2.76 bits per heavy atom. The minimum absolute atomic E-state index is 0.0224. The summed E-state index contributed by atoms with van der Waals surface area (Å²) in [6.07, 6.45) is 6.72. The summed E-state index contributed by atoms with van der Waals surface area (Å²) < 4.78 is 37.1. The first kappa shape index (κ1) is 21.6. The first-order valence-corrected chi connectivity index (χ1v) is 11.3. The highest BCUT2D eigenvalue weighted by Crippen LogP contribution is 2.39. The first-order valence-electron chi connectivity index (χ1n) is 11.3. The molecule has 0 unspecified atom stereocenters. The lowest BCUT2D eigenvalue weighted by atomic mass is 10.1. The molecule has 3 aromatic rings. The van der Waals surface area contributed by atoms with E-state index in [4.69, 9.17) is 4.74 Å². The van der Waals surface area contributed by atoms with E-state index in [0.29, 0.717) is 36.1 Å². The number of piperidine rings is 1. The van der Waals surface area contributed by atoms with Gasteiger partial charge >= 0.3 is 0 Å². The average molecular weight is 456 g/mol. The van der Waals surface area contributed by atoms with Gasteiger partial charge in [-0.25, -0.2) is 18.7 Å². The molecule has 0 aliphatic carbocycles. The molecule has 0 atom stereocenters. The van der Waals surface area contributed by atoms with Crippen LogP contribution in [-0.4, -0.2) is 52.0 Å². The second-order valence-electron chi connectivity index (χ2n) is 8.65. The largest absolute Gasteiger partial charge is 0.486 e. The minimum Gasteiger partial charge on any atom is -0.486 e. The Bertz CT molecular complexity index is 1140. The van der Waals surface area contributed by atoms with Gasteiger partial charge in [0.2, 0.25) is 5.95 Å². The van der Waals surface area contributed by atoms with E-state index in [2.05, 4.69) is 25.7 Å². The second-order valence-corrected chi connectivity index (χ2v) is 8.65. The zero-order valence-electron chi connectivity index (χ0n) is 18.7. The normalized spacial score (nSPS) is 16.6. The summed E-state index contributed by atoms with van der Waals surface area (Å²) in [5, 5.41) is 10.9. The smallest absolute Gasteiger partial charge is 0.228 e. The Kier molecular flexibility index (Phi) is 5.84. The van der Waals surface area contributed by atoms with E-state index in [0.717, 1.165) is 32.1 Å². The molecule has 4 heterocycles. The summed E-state index contributed by atoms with van der Waals surface area (Å²) in [6.45, 7) is 7.02. The van der Waals surface area contributed by atoms with Gasteiger partial charge < -0.3 is 20.3 Å². The van der Waals surface area contributed by atoms with Crippen LogP contribution in [0.3, 0.4) is 0 Å². The van der Waals surface area contributed by atoms with Crippen molar-refractivity contribution in [2.75, 3.05) is 36.5 Å². The van der Waals surface area contributed by atoms with Crippen LogP contribution in [0.5, 0.6) is 5.75 Å². The van der Waals surface area contributed by atoms with E-state index in [1.165, 1.54) is 6.07 Å². The van der Waals surface area contributed by atoms with Gasteiger partial charge in [0.1, 0.15) is 12.3 Å². The third kappa shape index (κ3) is 4.35. The van der Waals surface area contributed by atoms with Crippen molar-refractivity contribution in [3.63, 3.8) is 0 Å². The fourth-order valence-electron chi connectivity index (χ4n) is 4.41. The first-order chi connectivity index (χ1) is 16.0. The highest BCUT2D eigenvalue weighted by Gasteiger charge is 2.26. The molecule has 2 N–H and O–H groups in total. The predicted octanol–water partition coefficient (Wildman–Crippen LogP) is 3.89. The Morgan fingerprint density at radius 2 is 1.97 bits per heavy atom. The van der Waals surface area contributed by atoms with Gasteiger partial charge in [0.05, 0.1) is 36.4 Å². The molecule has 174 valence electrons. The lowest BCUT2D eigenvalue weighted by Crippen LogP contribution is -2.38. The molecule has 10 heteroatoms. The van der Waals surface area contributed by atoms with E-state index in [1.807, 2.05) is 29.6 Å². The number of fused-ring (bicyclic) bond motifs is 1. The Morgan fingerprint density at radius 1 is 1.15 bits per heavy atom. The zero-order valence-corrected chi connectivity index (χ0v) is 18.7. The van der Waals surface area contributed by atoms with Gasteiger partial charge in [0.25, 0.3) is 0 Å². The number of ether oxygens (including phenoxy) is 1. The summed E-state index contributed by atoms with van der Waals surface area (Å²) in [4.78, 5) is 10.5. The van der Waals surface area contributed by atoms with E-state index in [-0.39, 0.29) is 23.4 Å². The Hall–Kier alpha value is -3.27. The fraction of sp³-hybridized carbons (Fsp3) is 0.435. The molecule has 0 spiro atoms. The van der Waals surface area contributed by atoms with Crippen LogP contribution in [0.1, 0.15) is 32.7 Å². The van der Waals surface area contributed by atoms with Crippen molar-refractivity contribution in [3.8, 4) is 17.0 Å². The number of rotatable bonds is 5. The van der Waals surface area contributed by atoms with Gasteiger partial charge in [-0.05, 0) is 51.9 Å². The van der Waals surface area contributed by atoms with Crippen molar-refractivity contribution in [2.45, 2.75) is 38.8 Å². The van der Waals surface area contributed by atoms with E-state index < -0.39 is 11.6 Å². The number of aromatic nitrogens is 4. The molecule has 0 amide bonds. The third-order valence-electron chi connectivity index (χ3n) is 6.09. The van der Waals surface area contributed by atoms with Crippen LogP contribution in [0.15, 0.2) is 30.7 Å². The molecule has 8 nitrogen and oxygen atoms in total. The maximum Gasteiger partial charge on any atom is 0.228 e. The molecule has 0 radical (unpaired) electrons. The summed E-state index contributed by atoms with van der Waals surface area (Å²) in [5.74, 6) is -0.759. The van der Waals surface area contributed by atoms with Crippen LogP contribution in [0, 0.1) is 11.6 Å². The van der Waals surface area contributed by atoms with Gasteiger partial charge in [-0.15, -0.1) is 0 Å². The van der Waals surface area contributed by atoms with Gasteiger partial charge in [-0.3, -0.25) is 4.68 Å². The SMILES string of the molecule is CC(C)N1CCOc2c(F)cc(-c3nc(Nc4cnn(C5CCNCC5)c4)ncc3F)cc21. The highest BCUT2D eigenvalue weighted by molar-refractivity contribution is 5.73. The highest BCUT2D eigenvalue weighted by atomic mass is 19.1. The predicted molar refractivity (Wildman–Crippen MR) is 122 cm³/mol. The molecular formula is C23H27F2N7O. The number of halogens is 2. The molecule has 1 aromatic carbocycles. The van der Waals surface area contributed by atoms with Crippen molar-refractivity contribution in [1.29, 1.82) is 0 Å². The molecule has 2 aliphatic rings.